The summed E-state index contributed by atoms with van der Waals surface area (Å²) in [5.74, 6) is 5.77. The molecular formula is C56H62ClN7O7S. The van der Waals surface area contributed by atoms with E-state index in [1.54, 1.807) is 60.2 Å². The van der Waals surface area contributed by atoms with Gasteiger partial charge < -0.3 is 34.8 Å². The Balaban J connectivity index is 0.885. The SMILES string of the molecule is Cc1cc(C(C(=O)N2CC(O)CC2C(=O)NC(CC(=O)N2CCC(C#Cc3ccc(C(=O)NC4C(C)(C)C(Oc5ccc(C#N)c(Cl)c5)C4(C)C)cc3)CC2)c2ccc(-c3scnc3C)cc2)C(C)C)on1. The fourth-order valence-corrected chi connectivity index (χ4v) is 12.0. The molecule has 5 aromatic rings. The number of carbonyl (C=O) groups is 4. The van der Waals surface area contributed by atoms with E-state index in [9.17, 15) is 29.5 Å². The van der Waals surface area contributed by atoms with Crippen LogP contribution in [0.1, 0.15) is 123 Å². The fourth-order valence-electron chi connectivity index (χ4n) is 11.0. The summed E-state index contributed by atoms with van der Waals surface area (Å²) in [6, 6.07) is 22.0. The zero-order valence-corrected chi connectivity index (χ0v) is 43.6. The van der Waals surface area contributed by atoms with Gasteiger partial charge in [0.25, 0.3) is 5.91 Å². The number of piperidine rings is 1. The van der Waals surface area contributed by atoms with E-state index in [4.69, 9.17) is 20.9 Å². The quantitative estimate of drug-likeness (QED) is 0.0961. The highest BCUT2D eigenvalue weighted by Crippen LogP contribution is 2.55. The molecule has 2 aliphatic heterocycles. The molecule has 3 N–H and O–H groups in total. The number of likely N-dealkylation sites (tertiary alicyclic amines) is 2. The van der Waals surface area contributed by atoms with Gasteiger partial charge in [-0.3, -0.25) is 19.2 Å². The zero-order chi connectivity index (χ0) is 51.6. The van der Waals surface area contributed by atoms with Crippen LogP contribution in [0.25, 0.3) is 10.4 Å². The summed E-state index contributed by atoms with van der Waals surface area (Å²) in [7, 11) is 0. The Hall–Kier alpha value is -6.52. The average Bonchev–Trinajstić information content (AvgIpc) is 4.10. The number of amides is 4. The van der Waals surface area contributed by atoms with Crippen molar-refractivity contribution in [2.75, 3.05) is 19.6 Å². The number of halogens is 1. The predicted molar refractivity (Wildman–Crippen MR) is 275 cm³/mol. The van der Waals surface area contributed by atoms with E-state index in [2.05, 4.69) is 66.4 Å². The minimum Gasteiger partial charge on any atom is -0.489 e. The Bertz CT molecular complexity index is 2910. The number of nitrogens with zero attached hydrogens (tertiary/aromatic N) is 5. The summed E-state index contributed by atoms with van der Waals surface area (Å²) in [6.07, 6.45) is 0.281. The molecule has 8 rings (SSSR count). The van der Waals surface area contributed by atoms with Gasteiger partial charge >= 0.3 is 0 Å². The van der Waals surface area contributed by atoms with Crippen LogP contribution < -0.4 is 15.4 Å². The molecule has 14 nitrogen and oxygen atoms in total. The van der Waals surface area contributed by atoms with Gasteiger partial charge in [-0.25, -0.2) is 4.98 Å². The lowest BCUT2D eigenvalue weighted by molar-refractivity contribution is -0.164. The summed E-state index contributed by atoms with van der Waals surface area (Å²) in [5, 5.41) is 30.8. The monoisotopic (exact) mass is 1010 g/mol. The molecule has 0 radical (unpaired) electrons. The highest BCUT2D eigenvalue weighted by Gasteiger charge is 2.64. The number of aliphatic hydroxyl groups excluding tert-OH is 1. The Kier molecular flexibility index (Phi) is 15.3. The van der Waals surface area contributed by atoms with Crippen LogP contribution in [0.5, 0.6) is 5.75 Å². The molecule has 0 bridgehead atoms. The molecule has 1 saturated carbocycles. The minimum atomic E-state index is -0.957. The fraction of sp³-hybridized carbons (Fsp3) is 0.446. The van der Waals surface area contributed by atoms with E-state index in [0.29, 0.717) is 59.3 Å². The molecule has 0 spiro atoms. The molecule has 4 atom stereocenters. The molecule has 3 aliphatic rings. The number of aromatic nitrogens is 2. The van der Waals surface area contributed by atoms with Gasteiger partial charge in [0.1, 0.15) is 35.6 Å². The summed E-state index contributed by atoms with van der Waals surface area (Å²) < 4.78 is 11.9. The van der Waals surface area contributed by atoms with E-state index >= 15 is 0 Å². The Morgan fingerprint density at radius 1 is 0.986 bits per heavy atom. The van der Waals surface area contributed by atoms with Crippen molar-refractivity contribution in [3.63, 3.8) is 0 Å². The maximum atomic E-state index is 14.3. The third kappa shape index (κ3) is 10.9. The molecule has 4 unspecified atom stereocenters. The Labute approximate surface area is 430 Å². The third-order valence-corrected chi connectivity index (χ3v) is 15.9. The molecule has 2 aromatic heterocycles. The maximum Gasteiger partial charge on any atom is 0.251 e. The number of rotatable bonds is 13. The van der Waals surface area contributed by atoms with Gasteiger partial charge in [0.2, 0.25) is 17.7 Å². The Morgan fingerprint density at radius 2 is 1.68 bits per heavy atom. The van der Waals surface area contributed by atoms with E-state index < -0.39 is 40.8 Å². The van der Waals surface area contributed by atoms with Crippen molar-refractivity contribution in [2.24, 2.45) is 22.7 Å². The van der Waals surface area contributed by atoms with Gasteiger partial charge in [0, 0.05) is 72.1 Å². The summed E-state index contributed by atoms with van der Waals surface area (Å²) in [6.45, 7) is 16.8. The van der Waals surface area contributed by atoms with Gasteiger partial charge in [0.05, 0.1) is 50.9 Å². The largest absolute Gasteiger partial charge is 0.489 e. The van der Waals surface area contributed by atoms with Crippen LogP contribution in [0.4, 0.5) is 0 Å². The summed E-state index contributed by atoms with van der Waals surface area (Å²) in [4.78, 5) is 64.9. The van der Waals surface area contributed by atoms with Crippen LogP contribution in [0, 0.1) is 59.7 Å². The van der Waals surface area contributed by atoms with Gasteiger partial charge in [-0.15, -0.1) is 11.3 Å². The second-order valence-corrected chi connectivity index (χ2v) is 22.2. The average molecular weight is 1010 g/mol. The molecule has 3 aromatic carbocycles. The van der Waals surface area contributed by atoms with Crippen LogP contribution in [0.2, 0.25) is 5.02 Å². The van der Waals surface area contributed by atoms with E-state index in [0.717, 1.165) is 27.3 Å². The van der Waals surface area contributed by atoms with Crippen LogP contribution >= 0.6 is 22.9 Å². The molecule has 4 heterocycles. The first kappa shape index (κ1) is 51.8. The van der Waals surface area contributed by atoms with E-state index in [-0.39, 0.29) is 61.1 Å². The molecule has 2 saturated heterocycles. The van der Waals surface area contributed by atoms with Gasteiger partial charge in [0.15, 0.2) is 0 Å². The van der Waals surface area contributed by atoms with E-state index in [1.165, 1.54) is 4.90 Å². The molecule has 376 valence electrons. The van der Waals surface area contributed by atoms with E-state index in [1.807, 2.05) is 62.1 Å². The van der Waals surface area contributed by atoms with Crippen molar-refractivity contribution in [2.45, 2.75) is 117 Å². The van der Waals surface area contributed by atoms with Crippen LogP contribution in [0.3, 0.4) is 0 Å². The molecule has 1 aliphatic carbocycles. The maximum absolute atomic E-state index is 14.3. The number of thiazole rings is 1. The second-order valence-electron chi connectivity index (χ2n) is 20.9. The topological polar surface area (TPSA) is 191 Å². The number of hydrogen-bond donors (Lipinski definition) is 3. The lowest BCUT2D eigenvalue weighted by Crippen LogP contribution is -2.74. The smallest absolute Gasteiger partial charge is 0.251 e. The number of aryl methyl sites for hydroxylation is 2. The van der Waals surface area contributed by atoms with Crippen molar-refractivity contribution < 1.29 is 33.5 Å². The zero-order valence-electron chi connectivity index (χ0n) is 42.0. The normalized spacial score (nSPS) is 21.1. The van der Waals surface area contributed by atoms with Crippen molar-refractivity contribution >= 4 is 46.6 Å². The highest BCUT2D eigenvalue weighted by atomic mass is 35.5. The molecule has 4 amide bonds. The van der Waals surface area contributed by atoms with Crippen LogP contribution in [-0.2, 0) is 14.4 Å². The lowest BCUT2D eigenvalue weighted by Gasteiger charge is -2.63. The predicted octanol–water partition coefficient (Wildman–Crippen LogP) is 8.79. The van der Waals surface area contributed by atoms with Gasteiger partial charge in [-0.2, -0.15) is 5.26 Å². The highest BCUT2D eigenvalue weighted by molar-refractivity contribution is 7.13. The molecule has 3 fully saturated rings. The third-order valence-electron chi connectivity index (χ3n) is 14.6. The number of ether oxygens (including phenoxy) is 1. The second kappa shape index (κ2) is 21.3. The molecule has 16 heteroatoms. The van der Waals surface area contributed by atoms with Gasteiger partial charge in [-0.1, -0.05) is 94.4 Å². The van der Waals surface area contributed by atoms with Crippen molar-refractivity contribution in [3.8, 4) is 34.1 Å². The number of aliphatic hydroxyl groups is 1. The minimum absolute atomic E-state index is 0.00398. The molecular weight excluding hydrogens is 950 g/mol. The van der Waals surface area contributed by atoms with Crippen LogP contribution in [-0.4, -0.2) is 92.6 Å². The van der Waals surface area contributed by atoms with Crippen LogP contribution in [0.15, 0.2) is 82.8 Å². The standard InChI is InChI=1S/C56H62ClN7O7S/c1-32(2)48(46-25-33(3)62-71-46)52(69)64-30-41(65)26-45(64)51(68)60-44(37-15-17-38(18-16-37)49-34(4)59-31-72-49)28-47(66)63-23-21-36(22-24-63)10-9-35-11-13-39(14-12-35)50(67)61-53-55(5,6)54(56(53,7)8)70-42-20-19-40(29-58)43(57)27-42/h11-20,25,27,31-32,36,41,44-45,48,53-54,65H,21-24,26,28,30H2,1-8H3,(H,60,68)(H,61,67). The first-order valence-corrected chi connectivity index (χ1v) is 25.8. The first-order valence-electron chi connectivity index (χ1n) is 24.5. The number of nitrogens with one attached hydrogen (secondary N) is 2. The number of hydrogen-bond acceptors (Lipinski definition) is 11. The number of nitriles is 1. The number of carbonyl (C=O) groups excluding carboxylic acids is 4. The van der Waals surface area contributed by atoms with Crippen molar-refractivity contribution in [1.29, 1.82) is 5.26 Å². The van der Waals surface area contributed by atoms with Gasteiger partial charge in [-0.05, 0) is 80.1 Å². The van der Waals surface area contributed by atoms with Crippen molar-refractivity contribution in [1.82, 2.24) is 30.6 Å². The summed E-state index contributed by atoms with van der Waals surface area (Å²) in [5.41, 5.74) is 5.94. The van der Waals surface area contributed by atoms with Crippen molar-refractivity contribution in [3.05, 3.63) is 123 Å². The lowest BCUT2D eigenvalue weighted by atomic mass is 9.49. The Morgan fingerprint density at radius 3 is 2.28 bits per heavy atom. The number of benzene rings is 3. The first-order chi connectivity index (χ1) is 34.2. The number of β-amino-alcohol motifs (C(OH)–C–C–N with tert-alkyl or cyclic N) is 1. The summed E-state index contributed by atoms with van der Waals surface area (Å²) >= 11 is 7.81. The molecule has 72 heavy (non-hydrogen) atoms.